The molecule has 23 heavy (non-hydrogen) atoms. The topological polar surface area (TPSA) is 78.1 Å². The number of carbonyl (C=O) groups excluding carboxylic acids is 2. The molecule has 2 atom stereocenters. The predicted octanol–water partition coefficient (Wildman–Crippen LogP) is 1.69. The SMILES string of the molecule is CN1C(=O)C[C@H](NC(=O)Cc2ccn[nH]2)[C@@H]1c1ccc(Cl)cc1. The number of hydrogen-bond acceptors (Lipinski definition) is 3. The molecule has 2 aromatic rings. The third kappa shape index (κ3) is 3.37. The van der Waals surface area contributed by atoms with Crippen molar-refractivity contribution in [3.63, 3.8) is 0 Å². The van der Waals surface area contributed by atoms with Crippen molar-refractivity contribution in [1.82, 2.24) is 20.4 Å². The maximum Gasteiger partial charge on any atom is 0.226 e. The highest BCUT2D eigenvalue weighted by Crippen LogP contribution is 2.32. The highest BCUT2D eigenvalue weighted by Gasteiger charge is 2.39. The van der Waals surface area contributed by atoms with Crippen LogP contribution in [0.1, 0.15) is 23.7 Å². The van der Waals surface area contributed by atoms with E-state index >= 15 is 0 Å². The fraction of sp³-hybridized carbons (Fsp3) is 0.312. The maximum atomic E-state index is 12.2. The fourth-order valence-electron chi connectivity index (χ4n) is 2.93. The largest absolute Gasteiger partial charge is 0.350 e. The summed E-state index contributed by atoms with van der Waals surface area (Å²) in [7, 11) is 1.75. The summed E-state index contributed by atoms with van der Waals surface area (Å²) in [5, 5.41) is 10.2. The number of nitrogens with one attached hydrogen (secondary N) is 2. The molecule has 0 saturated carbocycles. The number of halogens is 1. The summed E-state index contributed by atoms with van der Waals surface area (Å²) >= 11 is 5.92. The molecule has 0 unspecified atom stereocenters. The van der Waals surface area contributed by atoms with E-state index in [1.807, 2.05) is 12.1 Å². The van der Waals surface area contributed by atoms with Crippen molar-refractivity contribution in [1.29, 1.82) is 0 Å². The van der Waals surface area contributed by atoms with Gasteiger partial charge in [-0.3, -0.25) is 14.7 Å². The highest BCUT2D eigenvalue weighted by molar-refractivity contribution is 6.30. The van der Waals surface area contributed by atoms with Crippen molar-refractivity contribution < 1.29 is 9.59 Å². The summed E-state index contributed by atoms with van der Waals surface area (Å²) in [5.41, 5.74) is 1.69. The van der Waals surface area contributed by atoms with Gasteiger partial charge in [-0.2, -0.15) is 5.10 Å². The van der Waals surface area contributed by atoms with Gasteiger partial charge in [0.1, 0.15) is 0 Å². The Morgan fingerprint density at radius 2 is 2.13 bits per heavy atom. The van der Waals surface area contributed by atoms with Crippen LogP contribution in [0.3, 0.4) is 0 Å². The third-order valence-electron chi connectivity index (χ3n) is 4.05. The molecule has 0 bridgehead atoms. The molecule has 7 heteroatoms. The molecule has 2 heterocycles. The lowest BCUT2D eigenvalue weighted by molar-refractivity contribution is -0.127. The van der Waals surface area contributed by atoms with Gasteiger partial charge >= 0.3 is 0 Å². The highest BCUT2D eigenvalue weighted by atomic mass is 35.5. The van der Waals surface area contributed by atoms with Crippen LogP contribution in [0.4, 0.5) is 0 Å². The number of nitrogens with zero attached hydrogens (tertiary/aromatic N) is 2. The van der Waals surface area contributed by atoms with Crippen molar-refractivity contribution >= 4 is 23.4 Å². The molecule has 2 amide bonds. The van der Waals surface area contributed by atoms with Gasteiger partial charge in [0.15, 0.2) is 0 Å². The molecule has 120 valence electrons. The Morgan fingerprint density at radius 1 is 1.39 bits per heavy atom. The number of benzene rings is 1. The monoisotopic (exact) mass is 332 g/mol. The van der Waals surface area contributed by atoms with Gasteiger partial charge in [-0.05, 0) is 23.8 Å². The summed E-state index contributed by atoms with van der Waals surface area (Å²) < 4.78 is 0. The quantitative estimate of drug-likeness (QED) is 0.894. The first-order chi connectivity index (χ1) is 11.0. The van der Waals surface area contributed by atoms with Gasteiger partial charge in [0.05, 0.1) is 18.5 Å². The zero-order valence-corrected chi connectivity index (χ0v) is 13.4. The Balaban J connectivity index is 1.75. The molecule has 0 spiro atoms. The van der Waals surface area contributed by atoms with Crippen LogP contribution in [0.5, 0.6) is 0 Å². The van der Waals surface area contributed by atoms with E-state index in [0.29, 0.717) is 11.4 Å². The van der Waals surface area contributed by atoms with Gasteiger partial charge in [-0.1, -0.05) is 23.7 Å². The lowest BCUT2D eigenvalue weighted by atomic mass is 10.00. The van der Waals surface area contributed by atoms with Crippen LogP contribution >= 0.6 is 11.6 Å². The molecule has 1 aromatic carbocycles. The van der Waals surface area contributed by atoms with E-state index in [1.54, 1.807) is 36.3 Å². The number of H-pyrrole nitrogens is 1. The fourth-order valence-corrected chi connectivity index (χ4v) is 3.05. The van der Waals surface area contributed by atoms with E-state index in [0.717, 1.165) is 11.3 Å². The Morgan fingerprint density at radius 3 is 2.78 bits per heavy atom. The first-order valence-corrected chi connectivity index (χ1v) is 7.71. The van der Waals surface area contributed by atoms with Gasteiger partial charge in [-0.25, -0.2) is 0 Å². The van der Waals surface area contributed by atoms with Crippen molar-refractivity contribution in [3.05, 3.63) is 52.8 Å². The number of likely N-dealkylation sites (N-methyl/N-ethyl adjacent to an activating group) is 1. The standard InChI is InChI=1S/C16H17ClN4O2/c1-21-15(23)9-13(16(21)10-2-4-11(17)5-3-10)19-14(22)8-12-6-7-18-20-12/h2-7,13,16H,8-9H2,1H3,(H,18,20)(H,19,22)/t13-,16-/m0/s1. The van der Waals surface area contributed by atoms with E-state index in [-0.39, 0.29) is 30.3 Å². The summed E-state index contributed by atoms with van der Waals surface area (Å²) in [6.45, 7) is 0. The summed E-state index contributed by atoms with van der Waals surface area (Å²) in [6.07, 6.45) is 2.10. The van der Waals surface area contributed by atoms with Crippen molar-refractivity contribution in [3.8, 4) is 0 Å². The van der Waals surface area contributed by atoms with Crippen LogP contribution in [0.25, 0.3) is 0 Å². The summed E-state index contributed by atoms with van der Waals surface area (Å²) in [6, 6.07) is 8.65. The molecule has 1 aromatic heterocycles. The molecular weight excluding hydrogens is 316 g/mol. The number of rotatable bonds is 4. The van der Waals surface area contributed by atoms with E-state index in [9.17, 15) is 9.59 Å². The number of carbonyl (C=O) groups is 2. The zero-order chi connectivity index (χ0) is 16.4. The zero-order valence-electron chi connectivity index (χ0n) is 12.6. The molecular formula is C16H17ClN4O2. The Labute approximate surface area is 138 Å². The molecule has 2 N–H and O–H groups in total. The van der Waals surface area contributed by atoms with Crippen LogP contribution < -0.4 is 5.32 Å². The molecule has 3 rings (SSSR count). The van der Waals surface area contributed by atoms with E-state index in [1.165, 1.54) is 0 Å². The Hall–Kier alpha value is -2.34. The van der Waals surface area contributed by atoms with Gasteiger partial charge in [-0.15, -0.1) is 0 Å². The average Bonchev–Trinajstić information content (AvgIpc) is 3.10. The predicted molar refractivity (Wildman–Crippen MR) is 85.8 cm³/mol. The number of likely N-dealkylation sites (tertiary alicyclic amines) is 1. The molecule has 0 radical (unpaired) electrons. The van der Waals surface area contributed by atoms with E-state index < -0.39 is 0 Å². The second-order valence-electron chi connectivity index (χ2n) is 5.64. The number of aromatic nitrogens is 2. The second kappa shape index (κ2) is 6.42. The third-order valence-corrected chi connectivity index (χ3v) is 4.31. The van der Waals surface area contributed by atoms with Crippen molar-refractivity contribution in [2.75, 3.05) is 7.05 Å². The lowest BCUT2D eigenvalue weighted by Crippen LogP contribution is -2.39. The van der Waals surface area contributed by atoms with E-state index in [4.69, 9.17) is 11.6 Å². The van der Waals surface area contributed by atoms with Gasteiger partial charge in [0.2, 0.25) is 11.8 Å². The molecule has 1 aliphatic heterocycles. The normalized spacial score (nSPS) is 20.8. The van der Waals surface area contributed by atoms with Gasteiger partial charge in [0, 0.05) is 30.4 Å². The number of hydrogen-bond donors (Lipinski definition) is 2. The first-order valence-electron chi connectivity index (χ1n) is 7.33. The van der Waals surface area contributed by atoms with Crippen molar-refractivity contribution in [2.45, 2.75) is 24.9 Å². The van der Waals surface area contributed by atoms with E-state index in [2.05, 4.69) is 15.5 Å². The number of aromatic amines is 1. The average molecular weight is 333 g/mol. The molecule has 1 saturated heterocycles. The molecule has 6 nitrogen and oxygen atoms in total. The van der Waals surface area contributed by atoms with Crippen LogP contribution in [0.15, 0.2) is 36.5 Å². The minimum Gasteiger partial charge on any atom is -0.350 e. The minimum atomic E-state index is -0.260. The molecule has 1 fully saturated rings. The summed E-state index contributed by atoms with van der Waals surface area (Å²) in [4.78, 5) is 25.9. The summed E-state index contributed by atoms with van der Waals surface area (Å²) in [5.74, 6) is -0.127. The molecule has 1 aliphatic rings. The van der Waals surface area contributed by atoms with Crippen LogP contribution in [0.2, 0.25) is 5.02 Å². The van der Waals surface area contributed by atoms with Crippen LogP contribution in [-0.4, -0.2) is 40.0 Å². The second-order valence-corrected chi connectivity index (χ2v) is 6.07. The lowest BCUT2D eigenvalue weighted by Gasteiger charge is -2.26. The van der Waals surface area contributed by atoms with Gasteiger partial charge in [0.25, 0.3) is 0 Å². The number of amides is 2. The Kier molecular flexibility index (Phi) is 4.34. The van der Waals surface area contributed by atoms with Gasteiger partial charge < -0.3 is 10.2 Å². The van der Waals surface area contributed by atoms with Crippen LogP contribution in [-0.2, 0) is 16.0 Å². The minimum absolute atomic E-state index is 0.0109. The van der Waals surface area contributed by atoms with Crippen molar-refractivity contribution in [2.24, 2.45) is 0 Å². The maximum absolute atomic E-state index is 12.2. The Bertz CT molecular complexity index is 699. The molecule has 0 aliphatic carbocycles. The smallest absolute Gasteiger partial charge is 0.226 e. The first kappa shape index (κ1) is 15.6. The van der Waals surface area contributed by atoms with Crippen LogP contribution in [0, 0.1) is 0 Å².